The van der Waals surface area contributed by atoms with Crippen molar-refractivity contribution in [2.75, 3.05) is 26.4 Å². The Kier molecular flexibility index (Phi) is 19.6. The molecule has 0 bridgehead atoms. The summed E-state index contributed by atoms with van der Waals surface area (Å²) in [4.78, 5) is 26.2. The zero-order valence-corrected chi connectivity index (χ0v) is 50.5. The highest BCUT2D eigenvalue weighted by molar-refractivity contribution is 5.75. The molecule has 17 N–H and O–H groups in total. The number of aliphatic hydroxyl groups excluding tert-OH is 15. The van der Waals surface area contributed by atoms with Crippen LogP contribution in [0, 0.1) is 50.2 Å². The minimum absolute atomic E-state index is 0.0156. The van der Waals surface area contributed by atoms with Gasteiger partial charge in [-0.05, 0) is 106 Å². The number of hydrogen-bond donors (Lipinski definition) is 17. The second kappa shape index (κ2) is 25.1. The van der Waals surface area contributed by atoms with Crippen LogP contribution in [-0.4, -0.2) is 285 Å². The van der Waals surface area contributed by atoms with Crippen LogP contribution in [0.15, 0.2) is 11.6 Å². The summed E-state index contributed by atoms with van der Waals surface area (Å²) in [5.74, 6) is -3.42. The first-order chi connectivity index (χ1) is 41.2. The Morgan fingerprint density at radius 2 is 1.08 bits per heavy atom. The molecule has 504 valence electrons. The number of ether oxygens (including phenoxy) is 10. The van der Waals surface area contributed by atoms with Gasteiger partial charge in [-0.1, -0.05) is 46.3 Å². The van der Waals surface area contributed by atoms with Gasteiger partial charge >= 0.3 is 11.9 Å². The quantitative estimate of drug-likeness (QED) is 0.0550. The molecular weight excluding hydrogens is 1170 g/mol. The fourth-order valence-electron chi connectivity index (χ4n) is 17.8. The summed E-state index contributed by atoms with van der Waals surface area (Å²) in [7, 11) is 0. The summed E-state index contributed by atoms with van der Waals surface area (Å²) in [5, 5.41) is 184. The number of carboxylic acids is 2. The Labute approximate surface area is 508 Å². The number of rotatable bonds is 15. The van der Waals surface area contributed by atoms with E-state index in [-0.39, 0.29) is 37.0 Å². The Morgan fingerprint density at radius 1 is 0.534 bits per heavy atom. The van der Waals surface area contributed by atoms with Crippen molar-refractivity contribution in [3.8, 4) is 0 Å². The smallest absolute Gasteiger partial charge is 0.335 e. The minimum atomic E-state index is -2.16. The van der Waals surface area contributed by atoms with Gasteiger partial charge < -0.3 is 134 Å². The van der Waals surface area contributed by atoms with Gasteiger partial charge in [0.15, 0.2) is 37.6 Å². The van der Waals surface area contributed by atoms with E-state index in [2.05, 4.69) is 33.8 Å². The van der Waals surface area contributed by atoms with E-state index in [9.17, 15) is 96.4 Å². The standard InChI is InChI=1S/C59H94O29/c1-22-32(64)36(68)41(73)48(80-22)87-45-38(70)35(67)27(19-61)82-51(45)88-46-40(72)39(71)43(47(75)76)85-52(46)83-30-11-12-56(4)28(57(30,5)21-62)10-13-59(7)29(56)9-8-23-24-16-54(2,53(77)78)17-31(55(24,3)14-15-58(23,59)6)84-50-44(33(65)25(63)20-79-50)86-49-42(74)37(69)34(66)26(18-60)81-49/h8,22,24-46,48-52,60-74H,9-21H2,1-7H3,(H,75,76)(H,77,78). The fourth-order valence-corrected chi connectivity index (χ4v) is 17.8. The molecule has 9 fully saturated rings. The monoisotopic (exact) mass is 1270 g/mol. The molecule has 5 heterocycles. The van der Waals surface area contributed by atoms with Gasteiger partial charge in [0.1, 0.15) is 104 Å². The van der Waals surface area contributed by atoms with E-state index in [1.54, 1.807) is 6.92 Å². The number of carboxylic acid groups (broad SMARTS) is 2. The van der Waals surface area contributed by atoms with E-state index in [1.165, 1.54) is 6.92 Å². The summed E-state index contributed by atoms with van der Waals surface area (Å²) in [6.07, 6.45) is -37.9. The van der Waals surface area contributed by atoms with E-state index in [0.717, 1.165) is 5.57 Å². The Balaban J connectivity index is 0.913. The molecular formula is C59H94O29. The molecule has 5 saturated heterocycles. The van der Waals surface area contributed by atoms with Crippen molar-refractivity contribution in [3.63, 3.8) is 0 Å². The van der Waals surface area contributed by atoms with E-state index >= 15 is 0 Å². The lowest BCUT2D eigenvalue weighted by atomic mass is 9.33. The normalized spacial score (nSPS) is 55.7. The van der Waals surface area contributed by atoms with Crippen molar-refractivity contribution < 1.29 is 144 Å². The van der Waals surface area contributed by atoms with Crippen molar-refractivity contribution in [1.29, 1.82) is 0 Å². The molecule has 4 saturated carbocycles. The lowest BCUT2D eigenvalue weighted by Crippen LogP contribution is -2.68. The number of fused-ring (bicyclic) bond motifs is 7. The Hall–Kier alpha value is -2.32. The SMILES string of the molecule is CC1OC(OC2C(OC3C(OC4CCC5(C)C(CCC6(C)C5CC=C5C7CC(C)(C(=O)O)CC(OC8OCC(O)C(O)C8OC8OC(CO)C(O)C(O)C8O)C7(C)CCC56C)C4(C)CO)OC(C(=O)O)C(O)C3O)OC(CO)C(O)C2O)C(O)C(O)C1O. The molecule has 35 unspecified atom stereocenters. The molecule has 88 heavy (non-hydrogen) atoms. The summed E-state index contributed by atoms with van der Waals surface area (Å²) in [6.45, 7) is 11.2. The molecule has 0 amide bonds. The molecule has 0 spiro atoms. The first-order valence-corrected chi connectivity index (χ1v) is 30.9. The molecule has 10 aliphatic rings. The van der Waals surface area contributed by atoms with Crippen LogP contribution in [0.3, 0.4) is 0 Å². The second-order valence-corrected chi connectivity index (χ2v) is 28.5. The minimum Gasteiger partial charge on any atom is -0.481 e. The van der Waals surface area contributed by atoms with E-state index in [0.29, 0.717) is 38.5 Å². The van der Waals surface area contributed by atoms with Gasteiger partial charge in [-0.25, -0.2) is 4.79 Å². The van der Waals surface area contributed by atoms with Crippen LogP contribution in [0.5, 0.6) is 0 Å². The highest BCUT2D eigenvalue weighted by atomic mass is 16.8. The molecule has 0 aromatic heterocycles. The largest absolute Gasteiger partial charge is 0.481 e. The molecule has 0 aromatic rings. The third-order valence-corrected chi connectivity index (χ3v) is 23.7. The maximum atomic E-state index is 13.5. The second-order valence-electron chi connectivity index (χ2n) is 28.5. The van der Waals surface area contributed by atoms with Gasteiger partial charge in [-0.15, -0.1) is 0 Å². The van der Waals surface area contributed by atoms with Gasteiger partial charge in [0.25, 0.3) is 0 Å². The average molecular weight is 1270 g/mol. The van der Waals surface area contributed by atoms with Crippen LogP contribution < -0.4 is 0 Å². The third kappa shape index (κ3) is 11.1. The van der Waals surface area contributed by atoms with E-state index in [1.807, 2.05) is 6.92 Å². The molecule has 29 heteroatoms. The maximum Gasteiger partial charge on any atom is 0.335 e. The molecule has 0 aromatic carbocycles. The topological polar surface area (TPSA) is 470 Å². The van der Waals surface area contributed by atoms with Gasteiger partial charge in [0, 0.05) is 10.8 Å². The zero-order chi connectivity index (χ0) is 64.4. The van der Waals surface area contributed by atoms with E-state index < -0.39 is 230 Å². The maximum absolute atomic E-state index is 13.5. The van der Waals surface area contributed by atoms with Gasteiger partial charge in [-0.2, -0.15) is 0 Å². The van der Waals surface area contributed by atoms with Crippen LogP contribution >= 0.6 is 0 Å². The molecule has 35 atom stereocenters. The molecule has 10 rings (SSSR count). The van der Waals surface area contributed by atoms with Crippen molar-refractivity contribution in [2.45, 2.75) is 266 Å². The first kappa shape index (κ1) is 68.5. The number of aliphatic carboxylic acids is 2. The van der Waals surface area contributed by atoms with E-state index in [4.69, 9.17) is 47.4 Å². The number of carbonyl (C=O) groups is 2. The zero-order valence-electron chi connectivity index (χ0n) is 50.5. The summed E-state index contributed by atoms with van der Waals surface area (Å²) in [5.41, 5.74) is -3.61. The number of allylic oxidation sites excluding steroid dienone is 2. The average Bonchev–Trinajstić information content (AvgIpc) is 0.678. The summed E-state index contributed by atoms with van der Waals surface area (Å²) < 4.78 is 60.8. The van der Waals surface area contributed by atoms with Crippen LogP contribution in [0.4, 0.5) is 0 Å². The van der Waals surface area contributed by atoms with Crippen molar-refractivity contribution in [3.05, 3.63) is 11.6 Å². The number of aliphatic hydroxyl groups is 15. The molecule has 5 aliphatic carbocycles. The first-order valence-electron chi connectivity index (χ1n) is 30.9. The molecule has 0 radical (unpaired) electrons. The highest BCUT2D eigenvalue weighted by Gasteiger charge is 2.71. The lowest BCUT2D eigenvalue weighted by molar-refractivity contribution is -0.396. The van der Waals surface area contributed by atoms with Crippen LogP contribution in [-0.2, 0) is 57.0 Å². The predicted molar refractivity (Wildman–Crippen MR) is 292 cm³/mol. The molecule has 5 aliphatic heterocycles. The van der Waals surface area contributed by atoms with Crippen LogP contribution in [0.2, 0.25) is 0 Å². The summed E-state index contributed by atoms with van der Waals surface area (Å²) in [6, 6.07) is 0. The van der Waals surface area contributed by atoms with Gasteiger partial charge in [0.05, 0.1) is 50.2 Å². The van der Waals surface area contributed by atoms with Crippen LogP contribution in [0.1, 0.15) is 106 Å². The fraction of sp³-hybridized carbons (Fsp3) is 0.932. The highest BCUT2D eigenvalue weighted by Crippen LogP contribution is 2.76. The Morgan fingerprint density at radius 3 is 1.68 bits per heavy atom. The number of hydrogen-bond acceptors (Lipinski definition) is 27. The third-order valence-electron chi connectivity index (χ3n) is 23.7. The summed E-state index contributed by atoms with van der Waals surface area (Å²) >= 11 is 0. The predicted octanol–water partition coefficient (Wildman–Crippen LogP) is -3.94. The van der Waals surface area contributed by atoms with Crippen LogP contribution in [0.25, 0.3) is 0 Å². The van der Waals surface area contributed by atoms with Crippen molar-refractivity contribution >= 4 is 11.9 Å². The Bertz CT molecular complexity index is 2510. The van der Waals surface area contributed by atoms with Gasteiger partial charge in [0.2, 0.25) is 0 Å². The lowest BCUT2D eigenvalue weighted by Gasteiger charge is -2.72. The van der Waals surface area contributed by atoms with Gasteiger partial charge in [-0.3, -0.25) is 4.79 Å². The van der Waals surface area contributed by atoms with Crippen molar-refractivity contribution in [1.82, 2.24) is 0 Å². The molecule has 29 nitrogen and oxygen atoms in total. The van der Waals surface area contributed by atoms with Crippen molar-refractivity contribution in [2.24, 2.45) is 50.2 Å².